The predicted octanol–water partition coefficient (Wildman–Crippen LogP) is 1.79. The van der Waals surface area contributed by atoms with Crippen LogP contribution < -0.4 is 5.32 Å². The molecule has 1 aliphatic carbocycles. The molecule has 1 saturated heterocycles. The van der Waals surface area contributed by atoms with Crippen molar-refractivity contribution < 1.29 is 0 Å². The van der Waals surface area contributed by atoms with E-state index in [0.29, 0.717) is 0 Å². The van der Waals surface area contributed by atoms with Gasteiger partial charge >= 0.3 is 0 Å². The Bertz CT molecular complexity index is 244. The van der Waals surface area contributed by atoms with E-state index >= 15 is 0 Å². The van der Waals surface area contributed by atoms with Crippen molar-refractivity contribution in [2.24, 2.45) is 5.92 Å². The van der Waals surface area contributed by atoms with Crippen LogP contribution in [0.1, 0.15) is 39.0 Å². The summed E-state index contributed by atoms with van der Waals surface area (Å²) in [7, 11) is 4.40. The number of hydrogen-bond donors (Lipinski definition) is 1. The highest BCUT2D eigenvalue weighted by molar-refractivity contribution is 4.85. The third-order valence-corrected chi connectivity index (χ3v) is 4.93. The molecule has 2 aliphatic rings. The molecular weight excluding hydrogens is 222 g/mol. The van der Waals surface area contributed by atoms with Gasteiger partial charge in [0.1, 0.15) is 0 Å². The van der Waals surface area contributed by atoms with Crippen LogP contribution in [0, 0.1) is 5.92 Å². The lowest BCUT2D eigenvalue weighted by molar-refractivity contribution is 0.137. The van der Waals surface area contributed by atoms with E-state index in [1.807, 2.05) is 0 Å². The van der Waals surface area contributed by atoms with Crippen molar-refractivity contribution >= 4 is 0 Å². The summed E-state index contributed by atoms with van der Waals surface area (Å²) in [6, 6.07) is 1.48. The van der Waals surface area contributed by atoms with Crippen molar-refractivity contribution in [1.82, 2.24) is 15.1 Å². The minimum absolute atomic E-state index is 0.719. The molecule has 0 aromatic carbocycles. The Labute approximate surface area is 113 Å². The van der Waals surface area contributed by atoms with E-state index < -0.39 is 0 Å². The average Bonchev–Trinajstić information content (AvgIpc) is 2.52. The van der Waals surface area contributed by atoms with Crippen LogP contribution >= 0.6 is 0 Å². The molecule has 3 heteroatoms. The Morgan fingerprint density at radius 1 is 1.11 bits per heavy atom. The van der Waals surface area contributed by atoms with Crippen LogP contribution in [0.25, 0.3) is 0 Å². The third-order valence-electron chi connectivity index (χ3n) is 4.93. The van der Waals surface area contributed by atoms with Crippen molar-refractivity contribution in [2.45, 2.75) is 51.1 Å². The molecule has 1 heterocycles. The van der Waals surface area contributed by atoms with E-state index in [1.165, 1.54) is 58.3 Å². The van der Waals surface area contributed by atoms with Gasteiger partial charge in [0.2, 0.25) is 0 Å². The second kappa shape index (κ2) is 6.88. The standard InChI is InChI=1S/C15H31N3/c1-13-11-17(3)9-6-10-18(13)12-14-7-4-5-8-15(14)16-2/h13-16H,4-12H2,1-3H3. The maximum Gasteiger partial charge on any atom is 0.0194 e. The molecule has 2 rings (SSSR count). The first-order valence-electron chi connectivity index (χ1n) is 7.80. The molecule has 3 unspecified atom stereocenters. The second-order valence-corrected chi connectivity index (χ2v) is 6.40. The summed E-state index contributed by atoms with van der Waals surface area (Å²) in [5, 5.41) is 3.55. The van der Waals surface area contributed by atoms with Gasteiger partial charge in [0, 0.05) is 25.2 Å². The zero-order valence-corrected chi connectivity index (χ0v) is 12.5. The van der Waals surface area contributed by atoms with Crippen LogP contribution in [-0.4, -0.2) is 62.2 Å². The van der Waals surface area contributed by atoms with Crippen LogP contribution in [0.3, 0.4) is 0 Å². The predicted molar refractivity (Wildman–Crippen MR) is 78.0 cm³/mol. The summed E-state index contributed by atoms with van der Waals surface area (Å²) >= 11 is 0. The fourth-order valence-electron chi connectivity index (χ4n) is 3.80. The van der Waals surface area contributed by atoms with E-state index in [2.05, 4.69) is 36.1 Å². The van der Waals surface area contributed by atoms with Crippen molar-refractivity contribution in [2.75, 3.05) is 40.3 Å². The minimum atomic E-state index is 0.719. The number of hydrogen-bond acceptors (Lipinski definition) is 3. The molecule has 1 aliphatic heterocycles. The van der Waals surface area contributed by atoms with Gasteiger partial charge < -0.3 is 10.2 Å². The minimum Gasteiger partial charge on any atom is -0.317 e. The summed E-state index contributed by atoms with van der Waals surface area (Å²) in [6.07, 6.45) is 6.98. The van der Waals surface area contributed by atoms with Crippen molar-refractivity contribution in [1.29, 1.82) is 0 Å². The second-order valence-electron chi connectivity index (χ2n) is 6.40. The van der Waals surface area contributed by atoms with Gasteiger partial charge in [-0.3, -0.25) is 4.90 Å². The molecule has 0 amide bonds. The van der Waals surface area contributed by atoms with E-state index in [0.717, 1.165) is 18.0 Å². The summed E-state index contributed by atoms with van der Waals surface area (Å²) in [6.45, 7) is 7.50. The third kappa shape index (κ3) is 3.69. The topological polar surface area (TPSA) is 18.5 Å². The number of rotatable bonds is 3. The largest absolute Gasteiger partial charge is 0.317 e. The first-order valence-corrected chi connectivity index (χ1v) is 7.80. The lowest BCUT2D eigenvalue weighted by Gasteiger charge is -2.37. The van der Waals surface area contributed by atoms with Crippen LogP contribution in [-0.2, 0) is 0 Å². The molecule has 0 aromatic heterocycles. The molecule has 1 N–H and O–H groups in total. The average molecular weight is 253 g/mol. The number of nitrogens with one attached hydrogen (secondary N) is 1. The zero-order valence-electron chi connectivity index (χ0n) is 12.5. The van der Waals surface area contributed by atoms with Gasteiger partial charge in [-0.2, -0.15) is 0 Å². The smallest absolute Gasteiger partial charge is 0.0194 e. The fraction of sp³-hybridized carbons (Fsp3) is 1.00. The van der Waals surface area contributed by atoms with Crippen LogP contribution in [0.4, 0.5) is 0 Å². The van der Waals surface area contributed by atoms with E-state index in [1.54, 1.807) is 0 Å². The Balaban J connectivity index is 1.90. The van der Waals surface area contributed by atoms with Gasteiger partial charge in [-0.25, -0.2) is 0 Å². The Morgan fingerprint density at radius 3 is 2.67 bits per heavy atom. The molecule has 3 atom stereocenters. The van der Waals surface area contributed by atoms with Gasteiger partial charge in [-0.15, -0.1) is 0 Å². The normalized spacial score (nSPS) is 36.5. The van der Waals surface area contributed by atoms with E-state index in [9.17, 15) is 0 Å². The molecule has 18 heavy (non-hydrogen) atoms. The van der Waals surface area contributed by atoms with Crippen molar-refractivity contribution in [3.63, 3.8) is 0 Å². The molecule has 0 bridgehead atoms. The molecule has 106 valence electrons. The van der Waals surface area contributed by atoms with Crippen LogP contribution in [0.15, 0.2) is 0 Å². The van der Waals surface area contributed by atoms with Crippen molar-refractivity contribution in [3.8, 4) is 0 Å². The molecule has 0 radical (unpaired) electrons. The Hall–Kier alpha value is -0.120. The monoisotopic (exact) mass is 253 g/mol. The van der Waals surface area contributed by atoms with Gasteiger partial charge in [0.05, 0.1) is 0 Å². The maximum absolute atomic E-state index is 3.55. The van der Waals surface area contributed by atoms with Gasteiger partial charge in [0.25, 0.3) is 0 Å². The van der Waals surface area contributed by atoms with Gasteiger partial charge in [-0.05, 0) is 59.3 Å². The van der Waals surface area contributed by atoms with E-state index in [4.69, 9.17) is 0 Å². The SMILES string of the molecule is CNC1CCCCC1CN1CCCN(C)CC1C. The first-order chi connectivity index (χ1) is 8.70. The molecule has 0 aromatic rings. The lowest BCUT2D eigenvalue weighted by Crippen LogP contribution is -2.46. The highest BCUT2D eigenvalue weighted by atomic mass is 15.2. The Morgan fingerprint density at radius 2 is 1.89 bits per heavy atom. The Kier molecular flexibility index (Phi) is 5.46. The van der Waals surface area contributed by atoms with E-state index in [-0.39, 0.29) is 0 Å². The first kappa shape index (κ1) is 14.3. The van der Waals surface area contributed by atoms with Crippen molar-refractivity contribution in [3.05, 3.63) is 0 Å². The number of nitrogens with zero attached hydrogens (tertiary/aromatic N) is 2. The summed E-state index contributed by atoms with van der Waals surface area (Å²) in [5.74, 6) is 0.870. The summed E-state index contributed by atoms with van der Waals surface area (Å²) in [5.41, 5.74) is 0. The molecule has 1 saturated carbocycles. The summed E-state index contributed by atoms with van der Waals surface area (Å²) in [4.78, 5) is 5.23. The number of likely N-dealkylation sites (N-methyl/N-ethyl adjacent to an activating group) is 1. The quantitative estimate of drug-likeness (QED) is 0.827. The highest BCUT2D eigenvalue weighted by Gasteiger charge is 2.28. The highest BCUT2D eigenvalue weighted by Crippen LogP contribution is 2.26. The van der Waals surface area contributed by atoms with Crippen LogP contribution in [0.2, 0.25) is 0 Å². The van der Waals surface area contributed by atoms with Gasteiger partial charge in [-0.1, -0.05) is 12.8 Å². The molecule has 2 fully saturated rings. The fourth-order valence-corrected chi connectivity index (χ4v) is 3.80. The zero-order chi connectivity index (χ0) is 13.0. The lowest BCUT2D eigenvalue weighted by atomic mass is 9.84. The van der Waals surface area contributed by atoms with Gasteiger partial charge in [0.15, 0.2) is 0 Å². The molecular formula is C15H31N3. The summed E-state index contributed by atoms with van der Waals surface area (Å²) < 4.78 is 0. The maximum atomic E-state index is 3.55. The van der Waals surface area contributed by atoms with Crippen LogP contribution in [0.5, 0.6) is 0 Å². The molecule has 0 spiro atoms. The molecule has 3 nitrogen and oxygen atoms in total.